The number of nitrogens with zero attached hydrogens (tertiary/aromatic N) is 1. The molecule has 1 aromatic rings. The van der Waals surface area contributed by atoms with Crippen molar-refractivity contribution in [2.75, 3.05) is 13.7 Å². The summed E-state index contributed by atoms with van der Waals surface area (Å²) in [5.41, 5.74) is 5.48. The van der Waals surface area contributed by atoms with Gasteiger partial charge in [-0.15, -0.1) is 0 Å². The summed E-state index contributed by atoms with van der Waals surface area (Å²) in [6.45, 7) is 1.38. The summed E-state index contributed by atoms with van der Waals surface area (Å²) in [6, 6.07) is 6.13. The van der Waals surface area contributed by atoms with Gasteiger partial charge in [-0.2, -0.15) is 0 Å². The Morgan fingerprint density at radius 2 is 2.07 bits per heavy atom. The number of quaternary nitrogens is 1. The van der Waals surface area contributed by atoms with Gasteiger partial charge in [-0.1, -0.05) is 12.1 Å². The maximum Gasteiger partial charge on any atom is 0.132 e. The molecule has 0 aromatic heterocycles. The van der Waals surface area contributed by atoms with Gasteiger partial charge in [0.2, 0.25) is 0 Å². The first-order valence-corrected chi connectivity index (χ1v) is 4.57. The van der Waals surface area contributed by atoms with Crippen LogP contribution in [0.3, 0.4) is 0 Å². The largest absolute Gasteiger partial charge is 0.626 e. The Bertz CT molecular complexity index is 345. The van der Waals surface area contributed by atoms with Crippen LogP contribution in [0, 0.1) is 10.4 Å². The fraction of sp³-hybridized carbons (Fsp3) is 0.400. The van der Waals surface area contributed by atoms with Crippen molar-refractivity contribution in [2.24, 2.45) is 5.73 Å². The zero-order valence-electron chi connectivity index (χ0n) is 8.80. The van der Waals surface area contributed by atoms with Crippen LogP contribution in [-0.2, 0) is 5.54 Å². The molecule has 1 rings (SSSR count). The minimum atomic E-state index is -1.75. The third-order valence-electron chi connectivity index (χ3n) is 2.30. The molecule has 0 fully saturated rings. The second-order valence-corrected chi connectivity index (χ2v) is 3.97. The maximum atomic E-state index is 11.2. The smallest absolute Gasteiger partial charge is 0.132 e. The Morgan fingerprint density at radius 3 is 2.53 bits per heavy atom. The first-order chi connectivity index (χ1) is 6.77. The topological polar surface area (TPSA) is 92.4 Å². The summed E-state index contributed by atoms with van der Waals surface area (Å²) in [5, 5.41) is 31.4. The van der Waals surface area contributed by atoms with Crippen LogP contribution in [0.1, 0.15) is 12.5 Å². The molecule has 0 radical (unpaired) electrons. The van der Waals surface area contributed by atoms with E-state index in [1.807, 2.05) is 0 Å². The summed E-state index contributed by atoms with van der Waals surface area (Å²) < 4.78 is 0. The lowest BCUT2D eigenvalue weighted by molar-refractivity contribution is 0.210. The van der Waals surface area contributed by atoms with Gasteiger partial charge in [0, 0.05) is 6.07 Å². The third kappa shape index (κ3) is 2.74. The SMILES string of the molecule is CC(N)(CO)c1cccc([N+](C)([O-])[O-])c1. The van der Waals surface area contributed by atoms with E-state index in [1.165, 1.54) is 12.1 Å². The Hall–Kier alpha value is -0.980. The predicted octanol–water partition coefficient (Wildman–Crippen LogP) is 0.786. The van der Waals surface area contributed by atoms with Crippen molar-refractivity contribution >= 4 is 5.69 Å². The highest BCUT2D eigenvalue weighted by atomic mass is 16.8. The molecule has 0 heterocycles. The molecule has 3 N–H and O–H groups in total. The van der Waals surface area contributed by atoms with E-state index in [0.717, 1.165) is 7.05 Å². The molecular formula is C10H15N2O3-. The van der Waals surface area contributed by atoms with Crippen molar-refractivity contribution in [1.82, 2.24) is 4.81 Å². The van der Waals surface area contributed by atoms with E-state index in [1.54, 1.807) is 19.1 Å². The molecule has 1 atom stereocenters. The van der Waals surface area contributed by atoms with Gasteiger partial charge in [-0.3, -0.25) is 0 Å². The summed E-state index contributed by atoms with van der Waals surface area (Å²) in [5.74, 6) is 0. The summed E-state index contributed by atoms with van der Waals surface area (Å²) >= 11 is 0. The van der Waals surface area contributed by atoms with Gasteiger partial charge in [-0.25, -0.2) is 0 Å². The van der Waals surface area contributed by atoms with Gasteiger partial charge >= 0.3 is 0 Å². The van der Waals surface area contributed by atoms with Crippen LogP contribution in [-0.4, -0.2) is 18.8 Å². The van der Waals surface area contributed by atoms with Crippen LogP contribution in [0.15, 0.2) is 24.3 Å². The number of aliphatic hydroxyl groups excluding tert-OH is 1. The van der Waals surface area contributed by atoms with Crippen molar-refractivity contribution in [3.8, 4) is 0 Å². The fourth-order valence-electron chi connectivity index (χ4n) is 1.21. The molecule has 5 heteroatoms. The van der Waals surface area contributed by atoms with Crippen molar-refractivity contribution in [1.29, 1.82) is 0 Å². The lowest BCUT2D eigenvalue weighted by atomic mass is 9.94. The molecule has 0 aliphatic heterocycles. The predicted molar refractivity (Wildman–Crippen MR) is 59.5 cm³/mol. The van der Waals surface area contributed by atoms with Gasteiger partial charge in [-0.05, 0) is 18.6 Å². The summed E-state index contributed by atoms with van der Waals surface area (Å²) in [7, 11) is 0.992. The number of rotatable bonds is 3. The highest BCUT2D eigenvalue weighted by molar-refractivity contribution is 5.47. The lowest BCUT2D eigenvalue weighted by Gasteiger charge is -2.42. The van der Waals surface area contributed by atoms with E-state index in [4.69, 9.17) is 10.8 Å². The number of hydroxylamine groups is 2. The minimum absolute atomic E-state index is 0.0672. The summed E-state index contributed by atoms with van der Waals surface area (Å²) in [6.07, 6.45) is 0. The first-order valence-electron chi connectivity index (χ1n) is 4.57. The molecule has 0 saturated carbocycles. The molecule has 0 saturated heterocycles. The standard InChI is InChI=1S/C10H15N2O3/c1-10(11,7-13)8-4-3-5-9(6-8)12(2,14)15/h3-6,13H,7,11H2,1-2H3/q-1. The Morgan fingerprint density at radius 1 is 1.47 bits per heavy atom. The maximum absolute atomic E-state index is 11.2. The first kappa shape index (κ1) is 12.1. The number of nitrogens with two attached hydrogens (primary N) is 1. The average molecular weight is 211 g/mol. The molecular weight excluding hydrogens is 196 g/mol. The summed E-state index contributed by atoms with van der Waals surface area (Å²) in [4.78, 5) is -1.75. The van der Waals surface area contributed by atoms with Crippen LogP contribution in [0.25, 0.3) is 0 Å². The molecule has 1 aromatic carbocycles. The van der Waals surface area contributed by atoms with Crippen LogP contribution >= 0.6 is 0 Å². The molecule has 0 amide bonds. The Labute approximate surface area is 88.5 Å². The van der Waals surface area contributed by atoms with E-state index in [2.05, 4.69) is 0 Å². The van der Waals surface area contributed by atoms with E-state index in [9.17, 15) is 10.4 Å². The second kappa shape index (κ2) is 3.88. The number of aliphatic hydroxyl groups is 1. The minimum Gasteiger partial charge on any atom is -0.626 e. The molecule has 0 aliphatic carbocycles. The van der Waals surface area contributed by atoms with Crippen LogP contribution in [0.4, 0.5) is 5.69 Å². The van der Waals surface area contributed by atoms with E-state index >= 15 is 0 Å². The quantitative estimate of drug-likeness (QED) is 0.571. The fourth-order valence-corrected chi connectivity index (χ4v) is 1.21. The molecule has 15 heavy (non-hydrogen) atoms. The number of benzene rings is 1. The monoisotopic (exact) mass is 211 g/mol. The van der Waals surface area contributed by atoms with Gasteiger partial charge < -0.3 is 26.1 Å². The number of hydrogen-bond donors (Lipinski definition) is 2. The molecule has 84 valence electrons. The normalized spacial score (nSPS) is 16.1. The van der Waals surface area contributed by atoms with Crippen molar-refractivity contribution in [2.45, 2.75) is 12.5 Å². The lowest BCUT2D eigenvalue weighted by Crippen LogP contribution is -2.37. The molecule has 5 nitrogen and oxygen atoms in total. The van der Waals surface area contributed by atoms with Gasteiger partial charge in [0.1, 0.15) is 5.69 Å². The van der Waals surface area contributed by atoms with Gasteiger partial charge in [0.15, 0.2) is 0 Å². The van der Waals surface area contributed by atoms with Crippen molar-refractivity contribution in [3.63, 3.8) is 0 Å². The highest BCUT2D eigenvalue weighted by Gasteiger charge is 2.21. The van der Waals surface area contributed by atoms with E-state index < -0.39 is 10.3 Å². The second-order valence-electron chi connectivity index (χ2n) is 3.97. The molecule has 0 bridgehead atoms. The van der Waals surface area contributed by atoms with Crippen LogP contribution in [0.2, 0.25) is 0 Å². The molecule has 0 spiro atoms. The van der Waals surface area contributed by atoms with E-state index in [0.29, 0.717) is 5.56 Å². The Kier molecular flexibility index (Phi) is 3.13. The zero-order chi connectivity index (χ0) is 11.7. The highest BCUT2D eigenvalue weighted by Crippen LogP contribution is 2.25. The van der Waals surface area contributed by atoms with Crippen molar-refractivity contribution in [3.05, 3.63) is 40.2 Å². The van der Waals surface area contributed by atoms with E-state index in [-0.39, 0.29) is 12.3 Å². The van der Waals surface area contributed by atoms with Gasteiger partial charge in [0.25, 0.3) is 0 Å². The van der Waals surface area contributed by atoms with Crippen LogP contribution < -0.4 is 10.5 Å². The Balaban J connectivity index is 3.14. The average Bonchev–Trinajstić information content (AvgIpc) is 2.17. The molecule has 0 aliphatic rings. The third-order valence-corrected chi connectivity index (χ3v) is 2.30. The van der Waals surface area contributed by atoms with Crippen molar-refractivity contribution < 1.29 is 5.11 Å². The van der Waals surface area contributed by atoms with Gasteiger partial charge in [0.05, 0.1) is 19.2 Å². The zero-order valence-corrected chi connectivity index (χ0v) is 8.80. The number of hydrogen-bond acceptors (Lipinski definition) is 4. The molecule has 1 unspecified atom stereocenters. The van der Waals surface area contributed by atoms with Crippen LogP contribution in [0.5, 0.6) is 0 Å².